The van der Waals surface area contributed by atoms with Crippen LogP contribution in [-0.4, -0.2) is 13.0 Å². The molecular weight excluding hydrogens is 207 g/mol. The highest BCUT2D eigenvalue weighted by molar-refractivity contribution is 5.30. The summed E-state index contributed by atoms with van der Waals surface area (Å²) in [5, 5.41) is 0. The SMILES string of the molecule is C[C@@H](N)c1ccc(OCC(F)F)c(F)c1. The van der Waals surface area contributed by atoms with Gasteiger partial charge in [0.15, 0.2) is 11.6 Å². The van der Waals surface area contributed by atoms with Gasteiger partial charge in [-0.05, 0) is 24.6 Å². The van der Waals surface area contributed by atoms with Crippen LogP contribution in [0, 0.1) is 5.82 Å². The van der Waals surface area contributed by atoms with Crippen LogP contribution in [0.15, 0.2) is 18.2 Å². The Morgan fingerprint density at radius 3 is 2.53 bits per heavy atom. The van der Waals surface area contributed by atoms with Gasteiger partial charge >= 0.3 is 0 Å². The van der Waals surface area contributed by atoms with Gasteiger partial charge in [-0.2, -0.15) is 0 Å². The Morgan fingerprint density at radius 2 is 2.07 bits per heavy atom. The predicted octanol–water partition coefficient (Wildman–Crippen LogP) is 2.49. The average Bonchev–Trinajstić information content (AvgIpc) is 2.15. The van der Waals surface area contributed by atoms with Crippen molar-refractivity contribution in [1.29, 1.82) is 0 Å². The zero-order valence-corrected chi connectivity index (χ0v) is 8.21. The van der Waals surface area contributed by atoms with E-state index in [1.807, 2.05) is 0 Å². The minimum atomic E-state index is -2.61. The number of hydrogen-bond acceptors (Lipinski definition) is 2. The molecule has 0 aromatic heterocycles. The van der Waals surface area contributed by atoms with Crippen molar-refractivity contribution in [2.75, 3.05) is 6.61 Å². The third-order valence-corrected chi connectivity index (χ3v) is 1.85. The highest BCUT2D eigenvalue weighted by Crippen LogP contribution is 2.21. The van der Waals surface area contributed by atoms with Crippen molar-refractivity contribution in [3.63, 3.8) is 0 Å². The smallest absolute Gasteiger partial charge is 0.272 e. The number of hydrogen-bond donors (Lipinski definition) is 1. The molecule has 1 aromatic carbocycles. The molecule has 1 rings (SSSR count). The zero-order chi connectivity index (χ0) is 11.4. The molecule has 0 amide bonds. The van der Waals surface area contributed by atoms with Gasteiger partial charge in [-0.25, -0.2) is 13.2 Å². The number of benzene rings is 1. The fourth-order valence-electron chi connectivity index (χ4n) is 1.07. The van der Waals surface area contributed by atoms with Gasteiger partial charge in [-0.15, -0.1) is 0 Å². The van der Waals surface area contributed by atoms with Gasteiger partial charge in [0.05, 0.1) is 0 Å². The lowest BCUT2D eigenvalue weighted by molar-refractivity contribution is 0.0799. The Kier molecular flexibility index (Phi) is 3.96. The molecule has 1 atom stereocenters. The normalized spacial score (nSPS) is 12.9. The van der Waals surface area contributed by atoms with Crippen molar-refractivity contribution in [3.8, 4) is 5.75 Å². The van der Waals surface area contributed by atoms with E-state index in [9.17, 15) is 13.2 Å². The lowest BCUT2D eigenvalue weighted by Crippen LogP contribution is -2.09. The number of halogens is 3. The molecule has 0 saturated carbocycles. The highest BCUT2D eigenvalue weighted by Gasteiger charge is 2.09. The van der Waals surface area contributed by atoms with E-state index in [-0.39, 0.29) is 11.8 Å². The molecule has 2 nitrogen and oxygen atoms in total. The monoisotopic (exact) mass is 219 g/mol. The Bertz CT molecular complexity index is 328. The van der Waals surface area contributed by atoms with Gasteiger partial charge in [0, 0.05) is 6.04 Å². The van der Waals surface area contributed by atoms with E-state index in [0.717, 1.165) is 0 Å². The third kappa shape index (κ3) is 3.43. The Hall–Kier alpha value is -1.23. The van der Waals surface area contributed by atoms with E-state index >= 15 is 0 Å². The van der Waals surface area contributed by atoms with E-state index in [1.165, 1.54) is 12.1 Å². The molecule has 0 heterocycles. The Labute approximate surface area is 85.8 Å². The first kappa shape index (κ1) is 11.8. The summed E-state index contributed by atoms with van der Waals surface area (Å²) in [6.45, 7) is 0.892. The van der Waals surface area contributed by atoms with E-state index < -0.39 is 18.8 Å². The standard InChI is InChI=1S/C10H12F3NO/c1-6(14)7-2-3-9(8(11)4-7)15-5-10(12)13/h2-4,6,10H,5,14H2,1H3/t6-/m1/s1. The topological polar surface area (TPSA) is 35.2 Å². The van der Waals surface area contributed by atoms with Gasteiger partial charge in [0.2, 0.25) is 0 Å². The van der Waals surface area contributed by atoms with Crippen molar-refractivity contribution in [2.24, 2.45) is 5.73 Å². The van der Waals surface area contributed by atoms with Crippen LogP contribution >= 0.6 is 0 Å². The van der Waals surface area contributed by atoms with E-state index in [1.54, 1.807) is 13.0 Å². The van der Waals surface area contributed by atoms with Crippen LogP contribution in [0.4, 0.5) is 13.2 Å². The molecule has 84 valence electrons. The molecule has 0 aliphatic rings. The molecule has 0 radical (unpaired) electrons. The highest BCUT2D eigenvalue weighted by atomic mass is 19.3. The molecular formula is C10H12F3NO. The molecule has 0 aliphatic carbocycles. The summed E-state index contributed by atoms with van der Waals surface area (Å²) in [5.74, 6) is -0.856. The first-order chi connectivity index (χ1) is 7.00. The first-order valence-electron chi connectivity index (χ1n) is 4.46. The van der Waals surface area contributed by atoms with Gasteiger partial charge in [-0.1, -0.05) is 6.07 Å². The van der Waals surface area contributed by atoms with Crippen molar-refractivity contribution in [3.05, 3.63) is 29.6 Å². The molecule has 1 aromatic rings. The largest absolute Gasteiger partial charge is 0.485 e. The number of rotatable bonds is 4. The second-order valence-corrected chi connectivity index (χ2v) is 3.18. The minimum absolute atomic E-state index is 0.181. The molecule has 0 saturated heterocycles. The fourth-order valence-corrected chi connectivity index (χ4v) is 1.07. The van der Waals surface area contributed by atoms with Crippen LogP contribution in [-0.2, 0) is 0 Å². The van der Waals surface area contributed by atoms with Crippen LogP contribution in [0.3, 0.4) is 0 Å². The maximum absolute atomic E-state index is 13.2. The molecule has 0 spiro atoms. The van der Waals surface area contributed by atoms with Crippen LogP contribution in [0.2, 0.25) is 0 Å². The van der Waals surface area contributed by atoms with Crippen molar-refractivity contribution in [2.45, 2.75) is 19.4 Å². The summed E-state index contributed by atoms with van der Waals surface area (Å²) in [6.07, 6.45) is -2.61. The molecule has 0 fully saturated rings. The fraction of sp³-hybridized carbons (Fsp3) is 0.400. The molecule has 0 unspecified atom stereocenters. The number of ether oxygens (including phenoxy) is 1. The Morgan fingerprint density at radius 1 is 1.40 bits per heavy atom. The summed E-state index contributed by atoms with van der Waals surface area (Å²) >= 11 is 0. The number of nitrogens with two attached hydrogens (primary N) is 1. The van der Waals surface area contributed by atoms with E-state index in [2.05, 4.69) is 4.74 Å². The van der Waals surface area contributed by atoms with Gasteiger partial charge in [-0.3, -0.25) is 0 Å². The van der Waals surface area contributed by atoms with E-state index in [4.69, 9.17) is 5.73 Å². The van der Waals surface area contributed by atoms with Crippen LogP contribution in [0.25, 0.3) is 0 Å². The van der Waals surface area contributed by atoms with Crippen LogP contribution < -0.4 is 10.5 Å². The molecule has 0 bridgehead atoms. The zero-order valence-electron chi connectivity index (χ0n) is 8.21. The minimum Gasteiger partial charge on any atom is -0.485 e. The second kappa shape index (κ2) is 5.02. The van der Waals surface area contributed by atoms with Crippen LogP contribution in [0.5, 0.6) is 5.75 Å². The molecule has 2 N–H and O–H groups in total. The Balaban J connectivity index is 2.75. The predicted molar refractivity (Wildman–Crippen MR) is 50.5 cm³/mol. The lowest BCUT2D eigenvalue weighted by Gasteiger charge is -2.09. The van der Waals surface area contributed by atoms with E-state index in [0.29, 0.717) is 5.56 Å². The lowest BCUT2D eigenvalue weighted by atomic mass is 10.1. The molecule has 5 heteroatoms. The number of alkyl halides is 2. The second-order valence-electron chi connectivity index (χ2n) is 3.18. The quantitative estimate of drug-likeness (QED) is 0.844. The maximum atomic E-state index is 13.2. The van der Waals surface area contributed by atoms with Gasteiger partial charge in [0.1, 0.15) is 6.61 Å². The van der Waals surface area contributed by atoms with Crippen molar-refractivity contribution >= 4 is 0 Å². The molecule has 15 heavy (non-hydrogen) atoms. The van der Waals surface area contributed by atoms with Gasteiger partial charge in [0.25, 0.3) is 6.43 Å². The van der Waals surface area contributed by atoms with Gasteiger partial charge < -0.3 is 10.5 Å². The first-order valence-corrected chi connectivity index (χ1v) is 4.46. The summed E-state index contributed by atoms with van der Waals surface area (Å²) < 4.78 is 41.4. The third-order valence-electron chi connectivity index (χ3n) is 1.85. The van der Waals surface area contributed by atoms with Crippen molar-refractivity contribution in [1.82, 2.24) is 0 Å². The average molecular weight is 219 g/mol. The maximum Gasteiger partial charge on any atom is 0.272 e. The summed E-state index contributed by atoms with van der Waals surface area (Å²) in [4.78, 5) is 0. The van der Waals surface area contributed by atoms with Crippen molar-refractivity contribution < 1.29 is 17.9 Å². The summed E-state index contributed by atoms with van der Waals surface area (Å²) in [6, 6.07) is 3.74. The summed E-state index contributed by atoms with van der Waals surface area (Å²) in [7, 11) is 0. The van der Waals surface area contributed by atoms with Crippen LogP contribution in [0.1, 0.15) is 18.5 Å². The molecule has 0 aliphatic heterocycles. The summed E-state index contributed by atoms with van der Waals surface area (Å²) in [5.41, 5.74) is 6.12.